The van der Waals surface area contributed by atoms with E-state index < -0.39 is 22.0 Å². The molecule has 1 unspecified atom stereocenters. The second-order valence-electron chi connectivity index (χ2n) is 9.19. The number of benzene rings is 2. The summed E-state index contributed by atoms with van der Waals surface area (Å²) in [5.41, 5.74) is 10.9. The average molecular weight is 594 g/mol. The molecule has 0 amide bonds. The van der Waals surface area contributed by atoms with Crippen LogP contribution in [0.25, 0.3) is 16.7 Å². The SMILES string of the molecule is CC[N](CC)[Hf]([CH]1c2ccccc2-c2ccc(C(C)C)c(C3=CC=CC3)c21)[N](CC)CC. The molecule has 2 aliphatic rings. The molecular weight excluding hydrogens is 555 g/mol. The number of fused-ring (bicyclic) bond motifs is 3. The number of rotatable bonds is 9. The second-order valence-corrected chi connectivity index (χ2v) is 18.4. The zero-order valence-corrected chi connectivity index (χ0v) is 24.4. The standard InChI is InChI=1S/C21H19.2C4H10N.Hf/c1-14(2)17-11-12-19-18-10-6-5-9-16(18)13-20(19)21(17)15-7-3-4-8-15;2*1-3-5-4-2;/h3-7,9-14H,8H2,1-2H3;2*3-4H2,1-2H3;/q;2*-1;+2. The van der Waals surface area contributed by atoms with Crippen molar-refractivity contribution >= 4 is 5.57 Å². The first-order valence-electron chi connectivity index (χ1n) is 12.6. The molecule has 0 spiro atoms. The first kappa shape index (κ1) is 23.9. The third-order valence-corrected chi connectivity index (χ3v) is 20.5. The van der Waals surface area contributed by atoms with Gasteiger partial charge >= 0.3 is 205 Å². The normalized spacial score (nSPS) is 16.8. The van der Waals surface area contributed by atoms with E-state index in [9.17, 15) is 0 Å². The van der Waals surface area contributed by atoms with Gasteiger partial charge in [-0.2, -0.15) is 0 Å². The monoisotopic (exact) mass is 595 g/mol. The minimum absolute atomic E-state index is 0.525. The molecule has 0 saturated heterocycles. The molecule has 0 saturated carbocycles. The van der Waals surface area contributed by atoms with E-state index in [1.165, 1.54) is 22.3 Å². The molecule has 2 aromatic rings. The first-order chi connectivity index (χ1) is 15.6. The zero-order valence-electron chi connectivity index (χ0n) is 20.8. The Bertz CT molecular complexity index is 1000. The molecular formula is C29H39HfN2. The van der Waals surface area contributed by atoms with Crippen molar-refractivity contribution in [3.8, 4) is 11.1 Å². The van der Waals surface area contributed by atoms with E-state index in [0.717, 1.165) is 32.6 Å². The Morgan fingerprint density at radius 3 is 2.09 bits per heavy atom. The molecule has 0 aromatic heterocycles. The fraction of sp³-hybridized carbons (Fsp3) is 0.448. The van der Waals surface area contributed by atoms with Gasteiger partial charge < -0.3 is 0 Å². The van der Waals surface area contributed by atoms with Crippen LogP contribution in [0.1, 0.15) is 79.8 Å². The van der Waals surface area contributed by atoms with Gasteiger partial charge in [0.1, 0.15) is 0 Å². The van der Waals surface area contributed by atoms with Crippen molar-refractivity contribution in [1.29, 1.82) is 0 Å². The quantitative estimate of drug-likeness (QED) is 0.280. The van der Waals surface area contributed by atoms with Crippen molar-refractivity contribution in [2.75, 3.05) is 26.2 Å². The van der Waals surface area contributed by atoms with E-state index in [4.69, 9.17) is 0 Å². The molecule has 0 radical (unpaired) electrons. The number of allylic oxidation sites excluding steroid dienone is 4. The molecule has 2 aliphatic carbocycles. The van der Waals surface area contributed by atoms with E-state index in [2.05, 4.69) is 102 Å². The van der Waals surface area contributed by atoms with Crippen LogP contribution in [0.15, 0.2) is 54.6 Å². The topological polar surface area (TPSA) is 6.48 Å². The van der Waals surface area contributed by atoms with Gasteiger partial charge in [0.05, 0.1) is 0 Å². The van der Waals surface area contributed by atoms with Crippen LogP contribution in [0.4, 0.5) is 0 Å². The summed E-state index contributed by atoms with van der Waals surface area (Å²) in [4.78, 5) is 0. The molecule has 4 rings (SSSR count). The molecule has 32 heavy (non-hydrogen) atoms. The van der Waals surface area contributed by atoms with E-state index in [-0.39, 0.29) is 0 Å². The molecule has 169 valence electrons. The summed E-state index contributed by atoms with van der Waals surface area (Å²) < 4.78 is 6.35. The maximum atomic E-state index is 2.89. The van der Waals surface area contributed by atoms with E-state index in [1.807, 2.05) is 0 Å². The van der Waals surface area contributed by atoms with Crippen molar-refractivity contribution in [2.45, 2.75) is 57.6 Å². The van der Waals surface area contributed by atoms with Crippen LogP contribution in [0.2, 0.25) is 0 Å². The van der Waals surface area contributed by atoms with Crippen LogP contribution in [-0.2, 0) is 22.0 Å². The van der Waals surface area contributed by atoms with Crippen molar-refractivity contribution in [3.05, 3.63) is 76.9 Å². The van der Waals surface area contributed by atoms with Gasteiger partial charge in [0.25, 0.3) is 0 Å². The Kier molecular flexibility index (Phi) is 7.69. The molecule has 1 atom stereocenters. The zero-order chi connectivity index (χ0) is 22.8. The van der Waals surface area contributed by atoms with Crippen molar-refractivity contribution in [2.24, 2.45) is 0 Å². The summed E-state index contributed by atoms with van der Waals surface area (Å²) in [6.45, 7) is 18.8. The van der Waals surface area contributed by atoms with Gasteiger partial charge in [-0.25, -0.2) is 0 Å². The minimum atomic E-state index is -2.48. The molecule has 3 heteroatoms. The summed E-state index contributed by atoms with van der Waals surface area (Å²) in [6, 6.07) is 14.2. The van der Waals surface area contributed by atoms with Crippen LogP contribution in [0.3, 0.4) is 0 Å². The van der Waals surface area contributed by atoms with Crippen molar-refractivity contribution in [3.63, 3.8) is 0 Å². The average Bonchev–Trinajstić information content (AvgIpc) is 3.45. The van der Waals surface area contributed by atoms with E-state index in [1.54, 1.807) is 16.7 Å². The van der Waals surface area contributed by atoms with Crippen LogP contribution < -0.4 is 0 Å². The van der Waals surface area contributed by atoms with Crippen LogP contribution in [-0.4, -0.2) is 32.0 Å². The predicted molar refractivity (Wildman–Crippen MR) is 135 cm³/mol. The summed E-state index contributed by atoms with van der Waals surface area (Å²) >= 11 is -2.48. The van der Waals surface area contributed by atoms with Gasteiger partial charge in [-0.3, -0.25) is 0 Å². The summed E-state index contributed by atoms with van der Waals surface area (Å²) in [6.07, 6.45) is 8.02. The van der Waals surface area contributed by atoms with Crippen LogP contribution in [0.5, 0.6) is 0 Å². The first-order valence-corrected chi connectivity index (χ1v) is 17.8. The van der Waals surface area contributed by atoms with Gasteiger partial charge in [-0.1, -0.05) is 0 Å². The summed E-state index contributed by atoms with van der Waals surface area (Å²) in [5, 5.41) is 0. The molecule has 0 bridgehead atoms. The molecule has 0 aliphatic heterocycles. The van der Waals surface area contributed by atoms with Gasteiger partial charge in [0.2, 0.25) is 0 Å². The van der Waals surface area contributed by atoms with Crippen LogP contribution in [0, 0.1) is 0 Å². The second kappa shape index (κ2) is 10.3. The van der Waals surface area contributed by atoms with Crippen molar-refractivity contribution in [1.82, 2.24) is 5.78 Å². The van der Waals surface area contributed by atoms with Gasteiger partial charge in [0, 0.05) is 0 Å². The van der Waals surface area contributed by atoms with E-state index in [0.29, 0.717) is 9.59 Å². The summed E-state index contributed by atoms with van der Waals surface area (Å²) in [5.74, 6) is 0.525. The van der Waals surface area contributed by atoms with E-state index >= 15 is 0 Å². The fourth-order valence-corrected chi connectivity index (χ4v) is 18.3. The predicted octanol–water partition coefficient (Wildman–Crippen LogP) is 7.35. The summed E-state index contributed by atoms with van der Waals surface area (Å²) in [7, 11) is 0. The fourth-order valence-electron chi connectivity index (χ4n) is 5.72. The molecule has 0 heterocycles. The van der Waals surface area contributed by atoms with Gasteiger partial charge in [0.15, 0.2) is 0 Å². The number of hydrogen-bond acceptors (Lipinski definition) is 2. The third kappa shape index (κ3) is 4.06. The molecule has 0 fully saturated rings. The Balaban J connectivity index is 2.03. The molecule has 2 aromatic carbocycles. The molecule has 2 nitrogen and oxygen atoms in total. The van der Waals surface area contributed by atoms with Gasteiger partial charge in [-0.05, 0) is 0 Å². The van der Waals surface area contributed by atoms with Crippen LogP contribution >= 0.6 is 0 Å². The Morgan fingerprint density at radius 1 is 0.875 bits per heavy atom. The Morgan fingerprint density at radius 2 is 1.53 bits per heavy atom. The maximum absolute atomic E-state index is 2.89. The molecule has 0 N–H and O–H groups in total. The van der Waals surface area contributed by atoms with Gasteiger partial charge in [-0.15, -0.1) is 0 Å². The number of hydrogen-bond donors (Lipinski definition) is 0. The number of nitrogens with zero attached hydrogens (tertiary/aromatic N) is 2. The van der Waals surface area contributed by atoms with Crippen molar-refractivity contribution < 1.29 is 22.0 Å². The Hall–Kier alpha value is -1.29. The Labute approximate surface area is 204 Å². The third-order valence-electron chi connectivity index (χ3n) is 7.28.